The zero-order chi connectivity index (χ0) is 24.4. The Balaban J connectivity index is 3.48. The van der Waals surface area contributed by atoms with Crippen molar-refractivity contribution < 1.29 is 15.0 Å². The monoisotopic (exact) mass is 467 g/mol. The van der Waals surface area contributed by atoms with Gasteiger partial charge in [-0.2, -0.15) is 0 Å². The molecule has 0 fully saturated rings. The molecule has 0 radical (unpaired) electrons. The Morgan fingerprint density at radius 2 is 1.12 bits per heavy atom. The molecule has 0 bridgehead atoms. The fourth-order valence-electron chi connectivity index (χ4n) is 4.22. The van der Waals surface area contributed by atoms with Gasteiger partial charge in [-0.15, -0.1) is 0 Å². The minimum Gasteiger partial charge on any atom is -0.394 e. The van der Waals surface area contributed by atoms with Crippen molar-refractivity contribution in [3.8, 4) is 0 Å². The second kappa shape index (κ2) is 25.7. The zero-order valence-corrected chi connectivity index (χ0v) is 22.2. The van der Waals surface area contributed by atoms with E-state index in [-0.39, 0.29) is 12.5 Å². The number of hydrogen-bond acceptors (Lipinski definition) is 3. The maximum absolute atomic E-state index is 12.1. The highest BCUT2D eigenvalue weighted by Gasteiger charge is 2.17. The average molecular weight is 468 g/mol. The minimum atomic E-state index is -0.827. The van der Waals surface area contributed by atoms with Gasteiger partial charge in [0.15, 0.2) is 0 Å². The van der Waals surface area contributed by atoms with E-state index in [0.717, 1.165) is 32.1 Å². The molecular formula is C29H57NO3. The van der Waals surface area contributed by atoms with Crippen LogP contribution < -0.4 is 5.32 Å². The number of carbonyl (C=O) groups is 1. The molecule has 0 saturated carbocycles. The SMILES string of the molecule is CCCC/C=C/C(O)C(CO)NC(=O)CCCCCCCCCCCCCCCCCCC. The molecule has 0 rings (SSSR count). The van der Waals surface area contributed by atoms with Crippen LogP contribution in [0.3, 0.4) is 0 Å². The summed E-state index contributed by atoms with van der Waals surface area (Å²) in [6.45, 7) is 4.16. The van der Waals surface area contributed by atoms with Gasteiger partial charge in [0.25, 0.3) is 0 Å². The molecule has 1 amide bonds. The molecule has 33 heavy (non-hydrogen) atoms. The number of aliphatic hydroxyl groups is 2. The van der Waals surface area contributed by atoms with Crippen molar-refractivity contribution in [3.63, 3.8) is 0 Å². The van der Waals surface area contributed by atoms with Crippen LogP contribution in [0.2, 0.25) is 0 Å². The van der Waals surface area contributed by atoms with Gasteiger partial charge in [-0.1, -0.05) is 142 Å². The van der Waals surface area contributed by atoms with E-state index in [4.69, 9.17) is 0 Å². The van der Waals surface area contributed by atoms with Gasteiger partial charge >= 0.3 is 0 Å². The molecular weight excluding hydrogens is 410 g/mol. The van der Waals surface area contributed by atoms with E-state index in [1.54, 1.807) is 6.08 Å². The van der Waals surface area contributed by atoms with Crippen LogP contribution in [0.4, 0.5) is 0 Å². The molecule has 4 heteroatoms. The lowest BCUT2D eigenvalue weighted by molar-refractivity contribution is -0.123. The van der Waals surface area contributed by atoms with Crippen molar-refractivity contribution in [3.05, 3.63) is 12.2 Å². The van der Waals surface area contributed by atoms with Crippen LogP contribution in [0.15, 0.2) is 12.2 Å². The molecule has 4 nitrogen and oxygen atoms in total. The van der Waals surface area contributed by atoms with Crippen LogP contribution in [-0.2, 0) is 4.79 Å². The first-order valence-electron chi connectivity index (χ1n) is 14.4. The van der Waals surface area contributed by atoms with Crippen molar-refractivity contribution in [2.45, 2.75) is 161 Å². The summed E-state index contributed by atoms with van der Waals surface area (Å²) in [5.41, 5.74) is 0. The molecule has 0 spiro atoms. The summed E-state index contributed by atoms with van der Waals surface area (Å²) >= 11 is 0. The lowest BCUT2D eigenvalue weighted by Crippen LogP contribution is -2.45. The zero-order valence-electron chi connectivity index (χ0n) is 22.2. The number of aliphatic hydroxyl groups excluding tert-OH is 2. The molecule has 0 aliphatic heterocycles. The Labute approximate surface area is 206 Å². The average Bonchev–Trinajstić information content (AvgIpc) is 2.82. The summed E-state index contributed by atoms with van der Waals surface area (Å²) in [7, 11) is 0. The summed E-state index contributed by atoms with van der Waals surface area (Å²) < 4.78 is 0. The van der Waals surface area contributed by atoms with Gasteiger partial charge in [0, 0.05) is 6.42 Å². The molecule has 0 aromatic heterocycles. The molecule has 196 valence electrons. The maximum Gasteiger partial charge on any atom is 0.220 e. The fourth-order valence-corrected chi connectivity index (χ4v) is 4.22. The number of nitrogens with one attached hydrogen (secondary N) is 1. The molecule has 3 N–H and O–H groups in total. The number of unbranched alkanes of at least 4 members (excludes halogenated alkanes) is 18. The third-order valence-electron chi connectivity index (χ3n) is 6.52. The molecule has 2 atom stereocenters. The Kier molecular flexibility index (Phi) is 25.1. The Morgan fingerprint density at radius 1 is 0.697 bits per heavy atom. The van der Waals surface area contributed by atoms with Gasteiger partial charge in [0.05, 0.1) is 18.8 Å². The van der Waals surface area contributed by atoms with Gasteiger partial charge in [0.1, 0.15) is 0 Å². The van der Waals surface area contributed by atoms with Crippen LogP contribution in [0.25, 0.3) is 0 Å². The van der Waals surface area contributed by atoms with Gasteiger partial charge in [-0.25, -0.2) is 0 Å². The molecule has 0 aromatic rings. The predicted molar refractivity (Wildman–Crippen MR) is 142 cm³/mol. The number of amides is 1. The number of hydrogen-bond donors (Lipinski definition) is 3. The minimum absolute atomic E-state index is 0.0731. The summed E-state index contributed by atoms with van der Waals surface area (Å²) in [4.78, 5) is 12.1. The highest BCUT2D eigenvalue weighted by atomic mass is 16.3. The van der Waals surface area contributed by atoms with Crippen LogP contribution in [0.1, 0.15) is 149 Å². The van der Waals surface area contributed by atoms with Crippen molar-refractivity contribution >= 4 is 5.91 Å². The third-order valence-corrected chi connectivity index (χ3v) is 6.52. The lowest BCUT2D eigenvalue weighted by atomic mass is 10.0. The molecule has 0 heterocycles. The van der Waals surface area contributed by atoms with Crippen molar-refractivity contribution in [1.82, 2.24) is 5.32 Å². The van der Waals surface area contributed by atoms with Gasteiger partial charge in [-0.3, -0.25) is 4.79 Å². The lowest BCUT2D eigenvalue weighted by Gasteiger charge is -2.19. The highest BCUT2D eigenvalue weighted by Crippen LogP contribution is 2.14. The van der Waals surface area contributed by atoms with E-state index in [1.807, 2.05) is 6.08 Å². The number of rotatable bonds is 25. The van der Waals surface area contributed by atoms with Crippen molar-refractivity contribution in [2.75, 3.05) is 6.61 Å². The van der Waals surface area contributed by atoms with E-state index in [9.17, 15) is 15.0 Å². The molecule has 0 saturated heterocycles. The van der Waals surface area contributed by atoms with E-state index >= 15 is 0 Å². The molecule has 0 aliphatic carbocycles. The van der Waals surface area contributed by atoms with Crippen LogP contribution >= 0.6 is 0 Å². The standard InChI is InChI=1S/C29H57NO3/c1-3-5-7-9-10-11-12-13-14-15-16-17-18-19-20-21-23-25-29(33)30-27(26-31)28(32)24-22-8-6-4-2/h22,24,27-28,31-32H,3-21,23,25-26H2,1-2H3,(H,30,33)/b24-22+. The topological polar surface area (TPSA) is 69.6 Å². The van der Waals surface area contributed by atoms with Gasteiger partial charge in [0.2, 0.25) is 5.91 Å². The normalized spacial score (nSPS) is 13.5. The van der Waals surface area contributed by atoms with Crippen molar-refractivity contribution in [1.29, 1.82) is 0 Å². The van der Waals surface area contributed by atoms with E-state index in [0.29, 0.717) is 6.42 Å². The van der Waals surface area contributed by atoms with Gasteiger partial charge < -0.3 is 15.5 Å². The first-order valence-corrected chi connectivity index (χ1v) is 14.4. The molecule has 2 unspecified atom stereocenters. The van der Waals surface area contributed by atoms with Gasteiger partial charge in [-0.05, 0) is 12.8 Å². The van der Waals surface area contributed by atoms with Crippen molar-refractivity contribution in [2.24, 2.45) is 0 Å². The maximum atomic E-state index is 12.1. The Hall–Kier alpha value is -0.870. The first-order chi connectivity index (χ1) is 16.2. The second-order valence-corrected chi connectivity index (χ2v) is 9.82. The quantitative estimate of drug-likeness (QED) is 0.0955. The van der Waals surface area contributed by atoms with E-state index < -0.39 is 12.1 Å². The summed E-state index contributed by atoms with van der Waals surface area (Å²) in [5, 5.41) is 22.3. The second-order valence-electron chi connectivity index (χ2n) is 9.82. The number of carbonyl (C=O) groups excluding carboxylic acids is 1. The predicted octanol–water partition coefficient (Wildman–Crippen LogP) is 7.61. The highest BCUT2D eigenvalue weighted by molar-refractivity contribution is 5.76. The smallest absolute Gasteiger partial charge is 0.220 e. The summed E-state index contributed by atoms with van der Waals surface area (Å²) in [5.74, 6) is -0.0731. The summed E-state index contributed by atoms with van der Waals surface area (Å²) in [6, 6.07) is -0.610. The summed E-state index contributed by atoms with van der Waals surface area (Å²) in [6.07, 6.45) is 28.9. The molecule has 0 aliphatic rings. The Bertz CT molecular complexity index is 439. The fraction of sp³-hybridized carbons (Fsp3) is 0.897. The number of allylic oxidation sites excluding steroid dienone is 1. The molecule has 0 aromatic carbocycles. The Morgan fingerprint density at radius 3 is 1.55 bits per heavy atom. The van der Waals surface area contributed by atoms with Crippen LogP contribution in [0.5, 0.6) is 0 Å². The van der Waals surface area contributed by atoms with E-state index in [2.05, 4.69) is 19.2 Å². The van der Waals surface area contributed by atoms with Crippen LogP contribution in [-0.4, -0.2) is 34.9 Å². The van der Waals surface area contributed by atoms with Crippen LogP contribution in [0, 0.1) is 0 Å². The largest absolute Gasteiger partial charge is 0.394 e. The third kappa shape index (κ3) is 22.7. The first kappa shape index (κ1) is 32.1. The van der Waals surface area contributed by atoms with E-state index in [1.165, 1.54) is 96.3 Å².